The highest BCUT2D eigenvalue weighted by Crippen LogP contribution is 2.32. The first-order chi connectivity index (χ1) is 7.48. The lowest BCUT2D eigenvalue weighted by atomic mass is 10.1. The fraction of sp³-hybridized carbons (Fsp3) is 0.571. The fourth-order valence-corrected chi connectivity index (χ4v) is 2.23. The van der Waals surface area contributed by atoms with Gasteiger partial charge in [-0.05, 0) is 44.9 Å². The van der Waals surface area contributed by atoms with Gasteiger partial charge in [-0.2, -0.15) is 0 Å². The van der Waals surface area contributed by atoms with Gasteiger partial charge in [0.15, 0.2) is 0 Å². The lowest BCUT2D eigenvalue weighted by molar-refractivity contribution is 0.295. The van der Waals surface area contributed by atoms with Crippen LogP contribution >= 0.6 is 0 Å². The molecule has 1 aromatic rings. The highest BCUT2D eigenvalue weighted by Gasteiger charge is 2.38. The molecule has 1 aliphatic rings. The summed E-state index contributed by atoms with van der Waals surface area (Å²) in [6.45, 7) is 6.34. The number of benzene rings is 1. The summed E-state index contributed by atoms with van der Waals surface area (Å²) in [6, 6.07) is 6.67. The summed E-state index contributed by atoms with van der Waals surface area (Å²) in [5.74, 6) is 0. The van der Waals surface area contributed by atoms with Crippen LogP contribution in [0.25, 0.3) is 0 Å². The van der Waals surface area contributed by atoms with Crippen molar-refractivity contribution in [2.45, 2.75) is 38.8 Å². The van der Waals surface area contributed by atoms with E-state index in [1.165, 1.54) is 29.5 Å². The maximum absolute atomic E-state index is 6.12. The van der Waals surface area contributed by atoms with Gasteiger partial charge in [-0.15, -0.1) is 0 Å². The van der Waals surface area contributed by atoms with E-state index in [1.54, 1.807) is 0 Å². The van der Waals surface area contributed by atoms with Crippen molar-refractivity contribution in [1.29, 1.82) is 0 Å². The zero-order valence-corrected chi connectivity index (χ0v) is 10.6. The van der Waals surface area contributed by atoms with Crippen molar-refractivity contribution in [2.24, 2.45) is 5.73 Å². The molecule has 16 heavy (non-hydrogen) atoms. The Bertz CT molecular complexity index is 380. The monoisotopic (exact) mass is 218 g/mol. The van der Waals surface area contributed by atoms with Crippen molar-refractivity contribution in [3.8, 4) is 0 Å². The van der Waals surface area contributed by atoms with Crippen molar-refractivity contribution >= 4 is 0 Å². The van der Waals surface area contributed by atoms with E-state index in [-0.39, 0.29) is 5.54 Å². The van der Waals surface area contributed by atoms with E-state index in [0.717, 1.165) is 13.1 Å². The van der Waals surface area contributed by atoms with Crippen LogP contribution in [0, 0.1) is 13.8 Å². The zero-order chi connectivity index (χ0) is 11.8. The minimum Gasteiger partial charge on any atom is -0.324 e. The van der Waals surface area contributed by atoms with Crippen LogP contribution in [0.15, 0.2) is 18.2 Å². The standard InChI is InChI=1S/C14H22N2/c1-11-4-5-13(12(2)8-11)9-16(3)10-14(15)6-7-14/h4-5,8H,6-7,9-10,15H2,1-3H3. The summed E-state index contributed by atoms with van der Waals surface area (Å²) >= 11 is 0. The molecule has 0 radical (unpaired) electrons. The molecular formula is C14H22N2. The zero-order valence-electron chi connectivity index (χ0n) is 10.6. The number of rotatable bonds is 4. The van der Waals surface area contributed by atoms with Crippen LogP contribution < -0.4 is 5.73 Å². The molecule has 0 saturated heterocycles. The summed E-state index contributed by atoms with van der Waals surface area (Å²) in [5.41, 5.74) is 10.4. The van der Waals surface area contributed by atoms with Gasteiger partial charge in [0.1, 0.15) is 0 Å². The van der Waals surface area contributed by atoms with Crippen LogP contribution in [0.4, 0.5) is 0 Å². The first-order valence-corrected chi connectivity index (χ1v) is 6.02. The van der Waals surface area contributed by atoms with Crippen LogP contribution in [-0.2, 0) is 6.54 Å². The first-order valence-electron chi connectivity index (χ1n) is 6.02. The third-order valence-electron chi connectivity index (χ3n) is 3.42. The molecule has 0 heterocycles. The summed E-state index contributed by atoms with van der Waals surface area (Å²) in [7, 11) is 2.16. The van der Waals surface area contributed by atoms with Crippen LogP contribution in [-0.4, -0.2) is 24.0 Å². The summed E-state index contributed by atoms with van der Waals surface area (Å²) in [6.07, 6.45) is 2.37. The number of nitrogens with two attached hydrogens (primary N) is 1. The second-order valence-electron chi connectivity index (χ2n) is 5.46. The lowest BCUT2D eigenvalue weighted by Gasteiger charge is -2.21. The van der Waals surface area contributed by atoms with Gasteiger partial charge in [-0.25, -0.2) is 0 Å². The smallest absolute Gasteiger partial charge is 0.0284 e. The maximum Gasteiger partial charge on any atom is 0.0284 e. The second kappa shape index (κ2) is 4.19. The molecule has 0 bridgehead atoms. The molecule has 0 amide bonds. The van der Waals surface area contributed by atoms with Gasteiger partial charge in [0.05, 0.1) is 0 Å². The van der Waals surface area contributed by atoms with E-state index in [4.69, 9.17) is 5.73 Å². The van der Waals surface area contributed by atoms with Crippen molar-refractivity contribution in [1.82, 2.24) is 4.90 Å². The molecule has 2 heteroatoms. The topological polar surface area (TPSA) is 29.3 Å². The van der Waals surface area contributed by atoms with E-state index in [9.17, 15) is 0 Å². The molecule has 2 N–H and O–H groups in total. The molecular weight excluding hydrogens is 196 g/mol. The third-order valence-corrected chi connectivity index (χ3v) is 3.42. The molecule has 0 spiro atoms. The van der Waals surface area contributed by atoms with Gasteiger partial charge in [0.25, 0.3) is 0 Å². The summed E-state index contributed by atoms with van der Waals surface area (Å²) < 4.78 is 0. The van der Waals surface area contributed by atoms with E-state index < -0.39 is 0 Å². The Morgan fingerprint density at radius 1 is 1.31 bits per heavy atom. The predicted molar refractivity (Wildman–Crippen MR) is 68.4 cm³/mol. The van der Waals surface area contributed by atoms with Crippen LogP contribution in [0.3, 0.4) is 0 Å². The van der Waals surface area contributed by atoms with Gasteiger partial charge in [0.2, 0.25) is 0 Å². The second-order valence-corrected chi connectivity index (χ2v) is 5.46. The van der Waals surface area contributed by atoms with Gasteiger partial charge in [-0.1, -0.05) is 23.8 Å². The van der Waals surface area contributed by atoms with Gasteiger partial charge < -0.3 is 10.6 Å². The Morgan fingerprint density at radius 3 is 2.56 bits per heavy atom. The predicted octanol–water partition coefficient (Wildman–Crippen LogP) is 2.23. The average molecular weight is 218 g/mol. The Kier molecular flexibility index (Phi) is 3.04. The molecule has 0 atom stereocenters. The Morgan fingerprint density at radius 2 is 2.00 bits per heavy atom. The van der Waals surface area contributed by atoms with Crippen molar-refractivity contribution in [3.05, 3.63) is 34.9 Å². The maximum atomic E-state index is 6.12. The van der Waals surface area contributed by atoms with E-state index in [0.29, 0.717) is 0 Å². The van der Waals surface area contributed by atoms with Crippen LogP contribution in [0.1, 0.15) is 29.5 Å². The average Bonchev–Trinajstić information content (AvgIpc) is 2.88. The molecule has 88 valence electrons. The number of nitrogens with zero attached hydrogens (tertiary/aromatic N) is 1. The molecule has 1 saturated carbocycles. The molecule has 0 aromatic heterocycles. The molecule has 1 aliphatic carbocycles. The number of hydrogen-bond acceptors (Lipinski definition) is 2. The van der Waals surface area contributed by atoms with Crippen molar-refractivity contribution < 1.29 is 0 Å². The van der Waals surface area contributed by atoms with Gasteiger partial charge in [-0.3, -0.25) is 0 Å². The van der Waals surface area contributed by atoms with Crippen LogP contribution in [0.5, 0.6) is 0 Å². The van der Waals surface area contributed by atoms with Gasteiger partial charge in [0, 0.05) is 18.6 Å². The van der Waals surface area contributed by atoms with Crippen LogP contribution in [0.2, 0.25) is 0 Å². The Hall–Kier alpha value is -0.860. The van der Waals surface area contributed by atoms with E-state index in [1.807, 2.05) is 0 Å². The normalized spacial score (nSPS) is 17.8. The quantitative estimate of drug-likeness (QED) is 0.839. The van der Waals surface area contributed by atoms with Gasteiger partial charge >= 0.3 is 0 Å². The first kappa shape index (κ1) is 11.6. The molecule has 2 rings (SSSR count). The summed E-state index contributed by atoms with van der Waals surface area (Å²) in [4.78, 5) is 2.34. The number of hydrogen-bond donors (Lipinski definition) is 1. The van der Waals surface area contributed by atoms with E-state index >= 15 is 0 Å². The molecule has 1 aromatic carbocycles. The minimum absolute atomic E-state index is 0.118. The number of likely N-dealkylation sites (N-methyl/N-ethyl adjacent to an activating group) is 1. The molecule has 2 nitrogen and oxygen atoms in total. The summed E-state index contributed by atoms with van der Waals surface area (Å²) in [5, 5.41) is 0. The van der Waals surface area contributed by atoms with Crippen molar-refractivity contribution in [3.63, 3.8) is 0 Å². The van der Waals surface area contributed by atoms with E-state index in [2.05, 4.69) is 44.0 Å². The highest BCUT2D eigenvalue weighted by molar-refractivity contribution is 5.30. The lowest BCUT2D eigenvalue weighted by Crippen LogP contribution is -2.36. The third kappa shape index (κ3) is 2.83. The Balaban J connectivity index is 1.97. The Labute approximate surface area is 98.4 Å². The highest BCUT2D eigenvalue weighted by atomic mass is 15.1. The molecule has 0 aliphatic heterocycles. The van der Waals surface area contributed by atoms with Crippen molar-refractivity contribution in [2.75, 3.05) is 13.6 Å². The number of aryl methyl sites for hydroxylation is 2. The fourth-order valence-electron chi connectivity index (χ4n) is 2.23. The molecule has 1 fully saturated rings. The molecule has 0 unspecified atom stereocenters. The largest absolute Gasteiger partial charge is 0.324 e. The SMILES string of the molecule is Cc1ccc(CN(C)CC2(N)CC2)c(C)c1. The minimum atomic E-state index is 0.118.